The fourth-order valence-electron chi connectivity index (χ4n) is 1.34. The van der Waals surface area contributed by atoms with Gasteiger partial charge in [0.15, 0.2) is 0 Å². The second-order valence-corrected chi connectivity index (χ2v) is 4.45. The van der Waals surface area contributed by atoms with Crippen LogP contribution in [-0.2, 0) is 4.84 Å². The average molecular weight is 304 g/mol. The maximum atomic E-state index is 11.6. The van der Waals surface area contributed by atoms with Crippen LogP contribution >= 0.6 is 15.9 Å². The number of hydrogen-bond donors (Lipinski definition) is 0. The summed E-state index contributed by atoms with van der Waals surface area (Å²) in [5.74, 6) is -0.483. The molecule has 0 heterocycles. The molecule has 0 aromatic heterocycles. The van der Waals surface area contributed by atoms with Crippen LogP contribution in [-0.4, -0.2) is 12.2 Å². The lowest BCUT2D eigenvalue weighted by molar-refractivity contribution is 0.0519. The molecule has 0 radical (unpaired) electrons. The van der Waals surface area contributed by atoms with Crippen LogP contribution in [0.1, 0.15) is 15.9 Å². The van der Waals surface area contributed by atoms with Crippen molar-refractivity contribution in [3.8, 4) is 0 Å². The number of halogens is 1. The molecule has 0 amide bonds. The number of hydrogen-bond acceptors (Lipinski definition) is 3. The monoisotopic (exact) mass is 303 g/mol. The van der Waals surface area contributed by atoms with Gasteiger partial charge in [0.2, 0.25) is 0 Å². The third-order valence-electron chi connectivity index (χ3n) is 2.20. The van der Waals surface area contributed by atoms with Crippen LogP contribution < -0.4 is 0 Å². The van der Waals surface area contributed by atoms with Crippen molar-refractivity contribution in [3.63, 3.8) is 0 Å². The van der Waals surface area contributed by atoms with Gasteiger partial charge in [-0.3, -0.25) is 0 Å². The highest BCUT2D eigenvalue weighted by Gasteiger charge is 2.06. The molecule has 0 bridgehead atoms. The molecular formula is C14H10BrNO2. The van der Waals surface area contributed by atoms with Crippen LogP contribution in [0.25, 0.3) is 0 Å². The van der Waals surface area contributed by atoms with E-state index in [0.29, 0.717) is 5.56 Å². The zero-order chi connectivity index (χ0) is 12.8. The first kappa shape index (κ1) is 12.5. The van der Waals surface area contributed by atoms with E-state index in [1.807, 2.05) is 36.4 Å². The number of carbonyl (C=O) groups excluding carboxylic acids is 1. The molecule has 0 aliphatic rings. The van der Waals surface area contributed by atoms with Crippen molar-refractivity contribution in [1.82, 2.24) is 0 Å². The SMILES string of the molecule is O=C(O/N=C/c1ccccc1)c1cccc(Br)c1. The Morgan fingerprint density at radius 2 is 1.89 bits per heavy atom. The van der Waals surface area contributed by atoms with E-state index in [4.69, 9.17) is 4.84 Å². The topological polar surface area (TPSA) is 38.7 Å². The molecule has 2 rings (SSSR count). The second-order valence-electron chi connectivity index (χ2n) is 3.53. The van der Waals surface area contributed by atoms with E-state index in [1.165, 1.54) is 6.21 Å². The standard InChI is InChI=1S/C14H10BrNO2/c15-13-8-4-7-12(9-13)14(17)18-16-10-11-5-2-1-3-6-11/h1-10H/b16-10+. The fraction of sp³-hybridized carbons (Fsp3) is 0. The molecular weight excluding hydrogens is 294 g/mol. The smallest absolute Gasteiger partial charge is 0.313 e. The van der Waals surface area contributed by atoms with Gasteiger partial charge in [0.25, 0.3) is 0 Å². The molecule has 2 aromatic carbocycles. The first-order valence-electron chi connectivity index (χ1n) is 5.31. The molecule has 0 atom stereocenters. The predicted octanol–water partition coefficient (Wildman–Crippen LogP) is 3.64. The van der Waals surface area contributed by atoms with Crippen LogP contribution in [0.4, 0.5) is 0 Å². The van der Waals surface area contributed by atoms with E-state index < -0.39 is 5.97 Å². The molecule has 0 saturated carbocycles. The first-order valence-corrected chi connectivity index (χ1v) is 6.10. The molecule has 0 fully saturated rings. The molecule has 0 spiro atoms. The molecule has 4 heteroatoms. The minimum absolute atomic E-state index is 0.453. The summed E-state index contributed by atoms with van der Waals surface area (Å²) in [7, 11) is 0. The Balaban J connectivity index is 1.99. The Morgan fingerprint density at radius 3 is 2.61 bits per heavy atom. The number of benzene rings is 2. The van der Waals surface area contributed by atoms with E-state index in [9.17, 15) is 4.79 Å². The molecule has 0 unspecified atom stereocenters. The second kappa shape index (κ2) is 6.12. The Bertz CT molecular complexity index is 567. The summed E-state index contributed by atoms with van der Waals surface area (Å²) in [4.78, 5) is 16.4. The highest BCUT2D eigenvalue weighted by atomic mass is 79.9. The van der Waals surface area contributed by atoms with E-state index in [-0.39, 0.29) is 0 Å². The van der Waals surface area contributed by atoms with Gasteiger partial charge in [-0.05, 0) is 23.8 Å². The van der Waals surface area contributed by atoms with Crippen LogP contribution in [0.3, 0.4) is 0 Å². The molecule has 0 N–H and O–H groups in total. The summed E-state index contributed by atoms with van der Waals surface area (Å²) in [6.07, 6.45) is 1.50. The van der Waals surface area contributed by atoms with Crippen molar-refractivity contribution >= 4 is 28.1 Å². The third kappa shape index (κ3) is 3.53. The van der Waals surface area contributed by atoms with Gasteiger partial charge in [-0.25, -0.2) is 4.79 Å². The van der Waals surface area contributed by atoms with Crippen molar-refractivity contribution in [2.75, 3.05) is 0 Å². The van der Waals surface area contributed by atoms with E-state index in [1.54, 1.807) is 18.2 Å². The Kier molecular flexibility index (Phi) is 4.25. The van der Waals surface area contributed by atoms with Crippen LogP contribution in [0.2, 0.25) is 0 Å². The maximum Gasteiger partial charge on any atom is 0.365 e. The summed E-state index contributed by atoms with van der Waals surface area (Å²) in [6, 6.07) is 16.4. The van der Waals surface area contributed by atoms with Gasteiger partial charge < -0.3 is 4.84 Å². The Labute approximate surface area is 113 Å². The minimum Gasteiger partial charge on any atom is -0.313 e. The lowest BCUT2D eigenvalue weighted by atomic mass is 10.2. The van der Waals surface area contributed by atoms with E-state index in [0.717, 1.165) is 10.0 Å². The molecule has 18 heavy (non-hydrogen) atoms. The van der Waals surface area contributed by atoms with Gasteiger partial charge in [0.05, 0.1) is 11.8 Å². The lowest BCUT2D eigenvalue weighted by Crippen LogP contribution is -2.00. The van der Waals surface area contributed by atoms with Gasteiger partial charge >= 0.3 is 5.97 Å². The van der Waals surface area contributed by atoms with Crippen molar-refractivity contribution < 1.29 is 9.63 Å². The fourth-order valence-corrected chi connectivity index (χ4v) is 1.74. The zero-order valence-electron chi connectivity index (χ0n) is 9.42. The molecule has 0 saturated heterocycles. The maximum absolute atomic E-state index is 11.6. The van der Waals surface area contributed by atoms with Crippen LogP contribution in [0.15, 0.2) is 64.2 Å². The van der Waals surface area contributed by atoms with Gasteiger partial charge in [-0.15, -0.1) is 0 Å². The highest BCUT2D eigenvalue weighted by molar-refractivity contribution is 9.10. The summed E-state index contributed by atoms with van der Waals surface area (Å²) < 4.78 is 0.823. The van der Waals surface area contributed by atoms with Crippen LogP contribution in [0, 0.1) is 0 Å². The summed E-state index contributed by atoms with van der Waals surface area (Å²) in [6.45, 7) is 0. The minimum atomic E-state index is -0.483. The number of oxime groups is 1. The van der Waals surface area contributed by atoms with Gasteiger partial charge in [0.1, 0.15) is 0 Å². The van der Waals surface area contributed by atoms with E-state index >= 15 is 0 Å². The molecule has 0 aliphatic heterocycles. The normalized spacial score (nSPS) is 10.5. The van der Waals surface area contributed by atoms with Crippen molar-refractivity contribution in [2.24, 2.45) is 5.16 Å². The Morgan fingerprint density at radius 1 is 1.11 bits per heavy atom. The average Bonchev–Trinajstić information content (AvgIpc) is 2.40. The summed E-state index contributed by atoms with van der Waals surface area (Å²) >= 11 is 3.29. The third-order valence-corrected chi connectivity index (χ3v) is 2.69. The van der Waals surface area contributed by atoms with Crippen molar-refractivity contribution in [2.45, 2.75) is 0 Å². The molecule has 0 aliphatic carbocycles. The predicted molar refractivity (Wildman–Crippen MR) is 73.6 cm³/mol. The largest absolute Gasteiger partial charge is 0.365 e. The molecule has 90 valence electrons. The number of carbonyl (C=O) groups is 1. The highest BCUT2D eigenvalue weighted by Crippen LogP contribution is 2.12. The van der Waals surface area contributed by atoms with Crippen LogP contribution in [0.5, 0.6) is 0 Å². The quantitative estimate of drug-likeness (QED) is 0.493. The molecule has 3 nitrogen and oxygen atoms in total. The number of rotatable bonds is 3. The van der Waals surface area contributed by atoms with Crippen molar-refractivity contribution in [1.29, 1.82) is 0 Å². The summed E-state index contributed by atoms with van der Waals surface area (Å²) in [5.41, 5.74) is 1.33. The van der Waals surface area contributed by atoms with Gasteiger partial charge in [0, 0.05) is 4.47 Å². The zero-order valence-corrected chi connectivity index (χ0v) is 11.0. The molecule has 2 aromatic rings. The lowest BCUT2D eigenvalue weighted by Gasteiger charge is -1.98. The van der Waals surface area contributed by atoms with Gasteiger partial charge in [-0.1, -0.05) is 57.5 Å². The van der Waals surface area contributed by atoms with Gasteiger partial charge in [-0.2, -0.15) is 0 Å². The number of nitrogens with zero attached hydrogens (tertiary/aromatic N) is 1. The first-order chi connectivity index (χ1) is 8.75. The van der Waals surface area contributed by atoms with E-state index in [2.05, 4.69) is 21.1 Å². The van der Waals surface area contributed by atoms with Crippen molar-refractivity contribution in [3.05, 3.63) is 70.2 Å². The summed E-state index contributed by atoms with van der Waals surface area (Å²) in [5, 5.41) is 3.66. The Hall–Kier alpha value is -1.94.